The van der Waals surface area contributed by atoms with Gasteiger partial charge in [-0.05, 0) is 64.0 Å². The largest absolute Gasteiger partial charge is 0.493 e. The van der Waals surface area contributed by atoms with Crippen LogP contribution in [0.1, 0.15) is 26.3 Å². The maximum Gasteiger partial charge on any atom is 0.343 e. The number of rotatable bonds is 8. The number of methoxy groups -OCH3 is 1. The second-order valence-corrected chi connectivity index (χ2v) is 7.48. The van der Waals surface area contributed by atoms with Gasteiger partial charge in [-0.25, -0.2) is 10.2 Å². The molecule has 0 aromatic heterocycles. The summed E-state index contributed by atoms with van der Waals surface area (Å²) in [7, 11) is 1.45. The topological polar surface area (TPSA) is 106 Å². The number of esters is 1. The first-order valence-electron chi connectivity index (χ1n) is 9.78. The molecule has 3 aromatic carbocycles. The number of carbonyl (C=O) groups is 3. The Morgan fingerprint density at radius 3 is 2.42 bits per heavy atom. The highest BCUT2D eigenvalue weighted by Crippen LogP contribution is 2.28. The number of nitrogens with zero attached hydrogens (tertiary/aromatic N) is 1. The molecule has 0 spiro atoms. The van der Waals surface area contributed by atoms with Crippen molar-refractivity contribution in [3.63, 3.8) is 0 Å². The quantitative estimate of drug-likeness (QED) is 0.209. The fourth-order valence-electron chi connectivity index (χ4n) is 2.70. The molecule has 0 heterocycles. The van der Waals surface area contributed by atoms with Gasteiger partial charge in [-0.1, -0.05) is 30.3 Å². The van der Waals surface area contributed by atoms with Crippen molar-refractivity contribution >= 4 is 39.9 Å². The van der Waals surface area contributed by atoms with Crippen LogP contribution in [0.25, 0.3) is 0 Å². The average molecular weight is 510 g/mol. The maximum atomic E-state index is 12.2. The van der Waals surface area contributed by atoms with Gasteiger partial charge >= 0.3 is 5.97 Å². The number of benzene rings is 3. The summed E-state index contributed by atoms with van der Waals surface area (Å²) in [6, 6.07) is 20.3. The number of carbonyl (C=O) groups excluding carboxylic acids is 3. The first kappa shape index (κ1) is 23.7. The number of hydrazone groups is 1. The van der Waals surface area contributed by atoms with Gasteiger partial charge in [0.1, 0.15) is 0 Å². The average Bonchev–Trinajstić information content (AvgIpc) is 2.84. The van der Waals surface area contributed by atoms with Gasteiger partial charge in [-0.3, -0.25) is 9.59 Å². The molecule has 33 heavy (non-hydrogen) atoms. The zero-order valence-corrected chi connectivity index (χ0v) is 19.2. The van der Waals surface area contributed by atoms with Gasteiger partial charge in [0.15, 0.2) is 11.5 Å². The third-order valence-corrected chi connectivity index (χ3v) is 5.02. The zero-order chi connectivity index (χ0) is 23.6. The summed E-state index contributed by atoms with van der Waals surface area (Å²) in [4.78, 5) is 36.3. The van der Waals surface area contributed by atoms with Crippen molar-refractivity contribution in [1.29, 1.82) is 0 Å². The van der Waals surface area contributed by atoms with Crippen LogP contribution >= 0.6 is 15.9 Å². The Bertz CT molecular complexity index is 1180. The predicted octanol–water partition coefficient (Wildman–Crippen LogP) is 3.56. The van der Waals surface area contributed by atoms with E-state index in [2.05, 4.69) is 31.8 Å². The molecule has 0 radical (unpaired) electrons. The minimum absolute atomic E-state index is 0.241. The Balaban J connectivity index is 1.54. The summed E-state index contributed by atoms with van der Waals surface area (Å²) < 4.78 is 11.3. The highest BCUT2D eigenvalue weighted by molar-refractivity contribution is 9.10. The van der Waals surface area contributed by atoms with E-state index in [0.717, 1.165) is 0 Å². The summed E-state index contributed by atoms with van der Waals surface area (Å²) in [6.45, 7) is -0.241. The maximum absolute atomic E-state index is 12.2. The molecule has 0 fully saturated rings. The molecule has 3 rings (SSSR count). The van der Waals surface area contributed by atoms with Crippen molar-refractivity contribution in [2.24, 2.45) is 5.10 Å². The third-order valence-electron chi connectivity index (χ3n) is 4.33. The van der Waals surface area contributed by atoms with E-state index in [0.29, 0.717) is 26.9 Å². The number of halogens is 1. The van der Waals surface area contributed by atoms with E-state index >= 15 is 0 Å². The molecule has 2 amide bonds. The summed E-state index contributed by atoms with van der Waals surface area (Å²) in [5.74, 6) is -0.802. The van der Waals surface area contributed by atoms with E-state index < -0.39 is 11.9 Å². The van der Waals surface area contributed by atoms with Crippen molar-refractivity contribution < 1.29 is 23.9 Å². The van der Waals surface area contributed by atoms with Gasteiger partial charge in [0.05, 0.1) is 31.0 Å². The molecule has 0 saturated heterocycles. The first-order chi connectivity index (χ1) is 16.0. The van der Waals surface area contributed by atoms with Crippen LogP contribution in [0.5, 0.6) is 11.5 Å². The Morgan fingerprint density at radius 2 is 1.70 bits per heavy atom. The molecule has 0 aliphatic rings. The van der Waals surface area contributed by atoms with E-state index in [1.54, 1.807) is 72.8 Å². The lowest BCUT2D eigenvalue weighted by Crippen LogP contribution is -2.35. The van der Waals surface area contributed by atoms with Crippen molar-refractivity contribution in [3.05, 3.63) is 94.0 Å². The van der Waals surface area contributed by atoms with Crippen LogP contribution in [-0.2, 0) is 4.79 Å². The molecule has 2 N–H and O–H groups in total. The summed E-state index contributed by atoms with van der Waals surface area (Å²) in [5.41, 5.74) is 3.78. The van der Waals surface area contributed by atoms with Crippen molar-refractivity contribution in [2.45, 2.75) is 0 Å². The van der Waals surface area contributed by atoms with Crippen LogP contribution in [0.3, 0.4) is 0 Å². The summed E-state index contributed by atoms with van der Waals surface area (Å²) in [6.07, 6.45) is 1.40. The van der Waals surface area contributed by atoms with Gasteiger partial charge in [0, 0.05) is 4.47 Å². The normalized spacial score (nSPS) is 10.5. The lowest BCUT2D eigenvalue weighted by atomic mass is 10.2. The standard InChI is InChI=1S/C24H20BrN3O5/c1-32-21-13-16(11-12-20(21)33-24(31)17-7-3-2-4-8-17)14-27-28-22(29)15-26-23(30)18-9-5-6-10-19(18)25/h2-14H,15H2,1H3,(H,26,30)(H,28,29)/b27-14+. The Morgan fingerprint density at radius 1 is 0.970 bits per heavy atom. The van der Waals surface area contributed by atoms with Crippen molar-refractivity contribution in [2.75, 3.05) is 13.7 Å². The van der Waals surface area contributed by atoms with E-state index in [1.165, 1.54) is 13.3 Å². The molecule has 9 heteroatoms. The second-order valence-electron chi connectivity index (χ2n) is 6.62. The molecule has 0 atom stereocenters. The second kappa shape index (κ2) is 11.6. The molecule has 0 saturated carbocycles. The number of nitrogens with one attached hydrogen (secondary N) is 2. The van der Waals surface area contributed by atoms with E-state index in [-0.39, 0.29) is 18.2 Å². The Kier molecular flexibility index (Phi) is 8.31. The lowest BCUT2D eigenvalue weighted by Gasteiger charge is -2.10. The highest BCUT2D eigenvalue weighted by atomic mass is 79.9. The fraction of sp³-hybridized carbons (Fsp3) is 0.0833. The molecule has 0 bridgehead atoms. The number of hydrogen-bond acceptors (Lipinski definition) is 6. The van der Waals surface area contributed by atoms with Crippen molar-refractivity contribution in [1.82, 2.24) is 10.7 Å². The number of ether oxygens (including phenoxy) is 2. The van der Waals surface area contributed by atoms with E-state index in [4.69, 9.17) is 9.47 Å². The van der Waals surface area contributed by atoms with E-state index in [9.17, 15) is 14.4 Å². The summed E-state index contributed by atoms with van der Waals surface area (Å²) >= 11 is 3.29. The predicted molar refractivity (Wildman–Crippen MR) is 127 cm³/mol. The Hall–Kier alpha value is -3.98. The molecule has 8 nitrogen and oxygen atoms in total. The monoisotopic (exact) mass is 509 g/mol. The molecule has 0 aliphatic heterocycles. The number of hydrogen-bond donors (Lipinski definition) is 2. The molecular weight excluding hydrogens is 490 g/mol. The van der Waals surface area contributed by atoms with Gasteiger partial charge in [0.2, 0.25) is 0 Å². The molecule has 0 aliphatic carbocycles. The Labute approximate surface area is 198 Å². The van der Waals surface area contributed by atoms with Crippen LogP contribution in [0.15, 0.2) is 82.4 Å². The van der Waals surface area contributed by atoms with Crippen LogP contribution in [0.2, 0.25) is 0 Å². The van der Waals surface area contributed by atoms with Crippen molar-refractivity contribution in [3.8, 4) is 11.5 Å². The third kappa shape index (κ3) is 6.75. The van der Waals surface area contributed by atoms with Crippen LogP contribution in [0.4, 0.5) is 0 Å². The SMILES string of the molecule is COc1cc(/C=N/NC(=O)CNC(=O)c2ccccc2Br)ccc1OC(=O)c1ccccc1. The minimum Gasteiger partial charge on any atom is -0.493 e. The van der Waals surface area contributed by atoms with Gasteiger partial charge in [-0.15, -0.1) is 0 Å². The molecule has 0 unspecified atom stereocenters. The first-order valence-corrected chi connectivity index (χ1v) is 10.6. The highest BCUT2D eigenvalue weighted by Gasteiger charge is 2.13. The minimum atomic E-state index is -0.507. The zero-order valence-electron chi connectivity index (χ0n) is 17.6. The van der Waals surface area contributed by atoms with Gasteiger partial charge < -0.3 is 14.8 Å². The fourth-order valence-corrected chi connectivity index (χ4v) is 3.17. The smallest absolute Gasteiger partial charge is 0.343 e. The van der Waals surface area contributed by atoms with Crippen LogP contribution < -0.4 is 20.2 Å². The molecule has 168 valence electrons. The number of amides is 2. The lowest BCUT2D eigenvalue weighted by molar-refractivity contribution is -0.120. The summed E-state index contributed by atoms with van der Waals surface area (Å²) in [5, 5.41) is 6.40. The van der Waals surface area contributed by atoms with Gasteiger partial charge in [0.25, 0.3) is 11.8 Å². The molecule has 3 aromatic rings. The van der Waals surface area contributed by atoms with E-state index in [1.807, 2.05) is 0 Å². The van der Waals surface area contributed by atoms with Crippen LogP contribution in [-0.4, -0.2) is 37.7 Å². The van der Waals surface area contributed by atoms with Crippen LogP contribution in [0, 0.1) is 0 Å². The molecular formula is C24H20BrN3O5. The van der Waals surface area contributed by atoms with Gasteiger partial charge in [-0.2, -0.15) is 5.10 Å².